The second kappa shape index (κ2) is 6.81. The molecule has 0 radical (unpaired) electrons. The van der Waals surface area contributed by atoms with Crippen LogP contribution in [0.1, 0.15) is 37.0 Å². The Hall–Kier alpha value is -1.47. The maximum absolute atomic E-state index is 12.0. The van der Waals surface area contributed by atoms with Crippen molar-refractivity contribution in [3.8, 4) is 0 Å². The quantitative estimate of drug-likeness (QED) is 0.612. The van der Waals surface area contributed by atoms with Crippen molar-refractivity contribution >= 4 is 27.5 Å². The molecule has 0 heterocycles. The number of hydrogen-bond donors (Lipinski definition) is 2. The molecule has 0 fully saturated rings. The van der Waals surface area contributed by atoms with Crippen LogP contribution in [0.25, 0.3) is 0 Å². The third-order valence-electron chi connectivity index (χ3n) is 3.30. The van der Waals surface area contributed by atoms with Crippen LogP contribution in [0.2, 0.25) is 0 Å². The molecule has 1 rings (SSSR count). The Bertz CT molecular complexity index is 515. The van der Waals surface area contributed by atoms with Gasteiger partial charge in [0.1, 0.15) is 0 Å². The summed E-state index contributed by atoms with van der Waals surface area (Å²) in [6.45, 7) is 3.83. The minimum Gasteiger partial charge on any atom is -0.388 e. The van der Waals surface area contributed by atoms with Crippen molar-refractivity contribution in [3.05, 3.63) is 38.3 Å². The van der Waals surface area contributed by atoms with Gasteiger partial charge in [-0.2, -0.15) is 0 Å². The maximum atomic E-state index is 12.0. The van der Waals surface area contributed by atoms with Gasteiger partial charge in [0.25, 0.3) is 11.6 Å². The van der Waals surface area contributed by atoms with E-state index in [1.807, 2.05) is 13.8 Å². The second-order valence-corrected chi connectivity index (χ2v) is 5.39. The fraction of sp³-hybridized carbons (Fsp3) is 0.462. The zero-order valence-electron chi connectivity index (χ0n) is 11.4. The molecule has 0 aliphatic heterocycles. The molecule has 0 saturated heterocycles. The Morgan fingerprint density at radius 3 is 2.50 bits per heavy atom. The number of non-ortho nitro benzene ring substituents is 1. The first-order chi connectivity index (χ1) is 9.33. The molecule has 0 unspecified atom stereocenters. The number of rotatable bonds is 6. The highest BCUT2D eigenvalue weighted by Crippen LogP contribution is 2.23. The molecular weight excluding hydrogens is 328 g/mol. The van der Waals surface area contributed by atoms with Crippen LogP contribution in [0, 0.1) is 10.1 Å². The van der Waals surface area contributed by atoms with Gasteiger partial charge in [0, 0.05) is 23.2 Å². The number of benzene rings is 1. The molecule has 0 aliphatic rings. The highest BCUT2D eigenvalue weighted by molar-refractivity contribution is 9.10. The van der Waals surface area contributed by atoms with Crippen LogP contribution >= 0.6 is 15.9 Å². The Labute approximate surface area is 125 Å². The third kappa shape index (κ3) is 4.01. The molecule has 0 aliphatic carbocycles. The minimum atomic E-state index is -0.928. The summed E-state index contributed by atoms with van der Waals surface area (Å²) in [5.74, 6) is -0.382. The number of halogens is 1. The van der Waals surface area contributed by atoms with Crippen molar-refractivity contribution in [1.82, 2.24) is 5.32 Å². The summed E-state index contributed by atoms with van der Waals surface area (Å²) >= 11 is 3.14. The Kier molecular flexibility index (Phi) is 5.64. The highest BCUT2D eigenvalue weighted by Gasteiger charge is 2.23. The van der Waals surface area contributed by atoms with Gasteiger partial charge in [-0.25, -0.2) is 0 Å². The van der Waals surface area contributed by atoms with Crippen LogP contribution < -0.4 is 5.32 Å². The van der Waals surface area contributed by atoms with Crippen LogP contribution in [0.5, 0.6) is 0 Å². The van der Waals surface area contributed by atoms with Gasteiger partial charge in [-0.1, -0.05) is 13.8 Å². The lowest BCUT2D eigenvalue weighted by atomic mass is 9.97. The summed E-state index contributed by atoms with van der Waals surface area (Å²) < 4.78 is 0.348. The van der Waals surface area contributed by atoms with Crippen molar-refractivity contribution in [3.63, 3.8) is 0 Å². The first-order valence-electron chi connectivity index (χ1n) is 6.27. The zero-order valence-corrected chi connectivity index (χ0v) is 12.9. The lowest BCUT2D eigenvalue weighted by Gasteiger charge is -2.25. The van der Waals surface area contributed by atoms with E-state index in [2.05, 4.69) is 21.2 Å². The zero-order chi connectivity index (χ0) is 15.3. The minimum absolute atomic E-state index is 0.0907. The Morgan fingerprint density at radius 2 is 2.05 bits per heavy atom. The van der Waals surface area contributed by atoms with Crippen LogP contribution in [0.4, 0.5) is 5.69 Å². The lowest BCUT2D eigenvalue weighted by molar-refractivity contribution is -0.384. The van der Waals surface area contributed by atoms with E-state index in [0.29, 0.717) is 22.9 Å². The van der Waals surface area contributed by atoms with Gasteiger partial charge in [-0.05, 0) is 34.8 Å². The number of aliphatic hydroxyl groups is 1. The van der Waals surface area contributed by atoms with E-state index in [1.165, 1.54) is 18.2 Å². The second-order valence-electron chi connectivity index (χ2n) is 4.54. The fourth-order valence-electron chi connectivity index (χ4n) is 1.64. The topological polar surface area (TPSA) is 92.5 Å². The summed E-state index contributed by atoms with van der Waals surface area (Å²) in [5, 5.41) is 23.4. The number of carbonyl (C=O) groups is 1. The third-order valence-corrected chi connectivity index (χ3v) is 3.96. The molecule has 1 amide bonds. The van der Waals surface area contributed by atoms with Crippen molar-refractivity contribution in [2.75, 3.05) is 6.54 Å². The van der Waals surface area contributed by atoms with E-state index < -0.39 is 10.5 Å². The number of nitrogens with zero attached hydrogens (tertiary/aromatic N) is 1. The molecule has 0 bridgehead atoms. The average molecular weight is 345 g/mol. The summed E-state index contributed by atoms with van der Waals surface area (Å²) in [4.78, 5) is 22.1. The predicted octanol–water partition coefficient (Wildman–Crippen LogP) is 2.64. The van der Waals surface area contributed by atoms with E-state index >= 15 is 0 Å². The predicted molar refractivity (Wildman–Crippen MR) is 78.7 cm³/mol. The monoisotopic (exact) mass is 344 g/mol. The summed E-state index contributed by atoms with van der Waals surface area (Å²) in [7, 11) is 0. The first kappa shape index (κ1) is 16.6. The number of nitro groups is 1. The largest absolute Gasteiger partial charge is 0.388 e. The van der Waals surface area contributed by atoms with Crippen molar-refractivity contribution in [1.29, 1.82) is 0 Å². The van der Waals surface area contributed by atoms with E-state index in [9.17, 15) is 20.0 Å². The van der Waals surface area contributed by atoms with Crippen molar-refractivity contribution in [2.24, 2.45) is 0 Å². The van der Waals surface area contributed by atoms with Crippen LogP contribution in [0.3, 0.4) is 0 Å². The molecule has 1 aromatic carbocycles. The van der Waals surface area contributed by atoms with E-state index in [0.717, 1.165) is 0 Å². The van der Waals surface area contributed by atoms with Gasteiger partial charge in [0.05, 0.1) is 16.1 Å². The van der Waals surface area contributed by atoms with Gasteiger partial charge >= 0.3 is 0 Å². The highest BCUT2D eigenvalue weighted by atomic mass is 79.9. The average Bonchev–Trinajstić information content (AvgIpc) is 2.44. The molecule has 0 aromatic heterocycles. The van der Waals surface area contributed by atoms with Gasteiger partial charge in [-0.15, -0.1) is 0 Å². The van der Waals surface area contributed by atoms with Crippen LogP contribution in [-0.4, -0.2) is 28.1 Å². The number of hydrogen-bond acceptors (Lipinski definition) is 4. The van der Waals surface area contributed by atoms with E-state index in [4.69, 9.17) is 0 Å². The fourth-order valence-corrected chi connectivity index (χ4v) is 2.19. The van der Waals surface area contributed by atoms with Crippen molar-refractivity contribution in [2.45, 2.75) is 32.3 Å². The summed E-state index contributed by atoms with van der Waals surface area (Å²) in [6, 6.07) is 3.93. The summed E-state index contributed by atoms with van der Waals surface area (Å²) in [5.41, 5.74) is -0.722. The maximum Gasteiger partial charge on any atom is 0.270 e. The molecule has 6 nitrogen and oxygen atoms in total. The van der Waals surface area contributed by atoms with Crippen LogP contribution in [0.15, 0.2) is 22.7 Å². The van der Waals surface area contributed by atoms with Crippen LogP contribution in [-0.2, 0) is 0 Å². The molecule has 0 spiro atoms. The molecular formula is C13H17BrN2O4. The van der Waals surface area contributed by atoms with E-state index in [1.54, 1.807) is 0 Å². The van der Waals surface area contributed by atoms with Gasteiger partial charge in [-0.3, -0.25) is 14.9 Å². The molecule has 1 aromatic rings. The van der Waals surface area contributed by atoms with Crippen molar-refractivity contribution < 1.29 is 14.8 Å². The molecule has 20 heavy (non-hydrogen) atoms. The molecule has 2 N–H and O–H groups in total. The normalized spacial score (nSPS) is 11.2. The lowest BCUT2D eigenvalue weighted by Crippen LogP contribution is -2.42. The number of carbonyl (C=O) groups excluding carboxylic acids is 1. The molecule has 110 valence electrons. The number of amides is 1. The Morgan fingerprint density at radius 1 is 1.45 bits per heavy atom. The molecule has 0 atom stereocenters. The van der Waals surface area contributed by atoms with Gasteiger partial charge in [0.15, 0.2) is 0 Å². The number of nitrogens with one attached hydrogen (secondary N) is 1. The standard InChI is InChI=1S/C13H17BrN2O4/c1-3-13(18,4-2)8-15-12(17)10-6-5-9(16(19)20)7-11(10)14/h5-7,18H,3-4,8H2,1-2H3,(H,15,17). The van der Waals surface area contributed by atoms with Gasteiger partial charge < -0.3 is 10.4 Å². The molecule has 0 saturated carbocycles. The molecule has 7 heteroatoms. The van der Waals surface area contributed by atoms with E-state index in [-0.39, 0.29) is 18.1 Å². The SMILES string of the molecule is CCC(O)(CC)CNC(=O)c1ccc([N+](=O)[O-])cc1Br. The number of nitro benzene ring substituents is 1. The van der Waals surface area contributed by atoms with Gasteiger partial charge in [0.2, 0.25) is 0 Å². The summed E-state index contributed by atoms with van der Waals surface area (Å²) in [6.07, 6.45) is 1.07. The Balaban J connectivity index is 2.81. The first-order valence-corrected chi connectivity index (χ1v) is 7.06. The smallest absolute Gasteiger partial charge is 0.270 e.